The van der Waals surface area contributed by atoms with Crippen LogP contribution < -0.4 is 10.5 Å². The molecule has 0 heterocycles. The molecule has 0 aliphatic carbocycles. The van der Waals surface area contributed by atoms with Crippen molar-refractivity contribution >= 4 is 13.9 Å². The Morgan fingerprint density at radius 2 is 2.09 bits per heavy atom. The Balaban J connectivity index is 2.95. The molecule has 11 heavy (non-hydrogen) atoms. The predicted molar refractivity (Wildman–Crippen MR) is 46.3 cm³/mol. The maximum absolute atomic E-state index is 10.6. The largest absolute Gasteiger partial charge is 0.409 e. The van der Waals surface area contributed by atoms with Crippen molar-refractivity contribution in [2.24, 2.45) is 0 Å². The van der Waals surface area contributed by atoms with Gasteiger partial charge in [-0.2, -0.15) is 0 Å². The Kier molecular flexibility index (Phi) is 7.25. The van der Waals surface area contributed by atoms with Gasteiger partial charge in [-0.15, -0.1) is 0 Å². The summed E-state index contributed by atoms with van der Waals surface area (Å²) in [7, 11) is 6.82. The van der Waals surface area contributed by atoms with Crippen LogP contribution in [0.4, 0.5) is 0 Å². The first kappa shape index (κ1) is 10.5. The van der Waals surface area contributed by atoms with E-state index in [4.69, 9.17) is 7.98 Å². The summed E-state index contributed by atoms with van der Waals surface area (Å²) >= 11 is 0. The van der Waals surface area contributed by atoms with Crippen LogP contribution in [0.5, 0.6) is 0 Å². The van der Waals surface area contributed by atoms with Gasteiger partial charge in [-0.1, -0.05) is 6.42 Å². The van der Waals surface area contributed by atoms with E-state index in [0.29, 0.717) is 6.42 Å². The van der Waals surface area contributed by atoms with Crippen molar-refractivity contribution in [2.75, 3.05) is 13.6 Å². The molecule has 0 fully saturated rings. The van der Waals surface area contributed by atoms with Gasteiger partial charge in [-0.05, 0) is 26.4 Å². The number of carbonyl (C=O) groups excluding carboxylic acids is 1. The number of carbonyl (C=O) groups is 1. The lowest BCUT2D eigenvalue weighted by Gasteiger charge is -1.99. The van der Waals surface area contributed by atoms with Crippen LogP contribution in [0, 0.1) is 0 Å². The molecular formula is C7H15BN2O. The zero-order valence-corrected chi connectivity index (χ0v) is 7.02. The molecule has 0 aliphatic heterocycles. The van der Waals surface area contributed by atoms with Crippen molar-refractivity contribution in [3.63, 3.8) is 0 Å². The lowest BCUT2D eigenvalue weighted by Crippen LogP contribution is -2.18. The van der Waals surface area contributed by atoms with E-state index >= 15 is 0 Å². The second-order valence-electron chi connectivity index (χ2n) is 2.48. The molecule has 3 nitrogen and oxygen atoms in total. The molecule has 62 valence electrons. The summed E-state index contributed by atoms with van der Waals surface area (Å²) in [5.41, 5.74) is 0. The average Bonchev–Trinajstić information content (AvgIpc) is 2.04. The third-order valence-corrected chi connectivity index (χ3v) is 1.49. The van der Waals surface area contributed by atoms with Gasteiger partial charge in [-0.25, -0.2) is 0 Å². The first-order valence-corrected chi connectivity index (χ1v) is 3.95. The van der Waals surface area contributed by atoms with E-state index in [0.717, 1.165) is 25.8 Å². The van der Waals surface area contributed by atoms with Gasteiger partial charge < -0.3 is 10.5 Å². The summed E-state index contributed by atoms with van der Waals surface area (Å²) in [6.07, 6.45) is 3.66. The Bertz CT molecular complexity index is 109. The highest BCUT2D eigenvalue weighted by Gasteiger charge is 1.95. The van der Waals surface area contributed by atoms with Crippen LogP contribution >= 0.6 is 0 Å². The monoisotopic (exact) mass is 154 g/mol. The van der Waals surface area contributed by atoms with E-state index in [1.54, 1.807) is 0 Å². The normalized spacial score (nSPS) is 9.55. The fourth-order valence-corrected chi connectivity index (χ4v) is 0.836. The molecule has 0 unspecified atom stereocenters. The van der Waals surface area contributed by atoms with Crippen molar-refractivity contribution in [3.8, 4) is 0 Å². The van der Waals surface area contributed by atoms with Crippen LogP contribution in [0.2, 0.25) is 0 Å². The van der Waals surface area contributed by atoms with E-state index in [1.165, 1.54) is 0 Å². The maximum atomic E-state index is 10.6. The molecule has 1 amide bonds. The second-order valence-corrected chi connectivity index (χ2v) is 2.48. The predicted octanol–water partition coefficient (Wildman–Crippen LogP) is -0.0341. The standard InChI is InChI=1S/C7H15BN2O/c1-9-6-4-2-3-5-7(11)10-8/h9H,2-6H2,1H3,(H,10,11). The van der Waals surface area contributed by atoms with Crippen molar-refractivity contribution in [1.29, 1.82) is 0 Å². The van der Waals surface area contributed by atoms with Crippen LogP contribution in [0.15, 0.2) is 0 Å². The number of hydrogen-bond acceptors (Lipinski definition) is 2. The number of unbranched alkanes of at least 4 members (excludes halogenated alkanes) is 2. The summed E-state index contributed by atoms with van der Waals surface area (Å²) in [5.74, 6) is -0.0746. The first-order chi connectivity index (χ1) is 5.31. The zero-order chi connectivity index (χ0) is 8.53. The van der Waals surface area contributed by atoms with Crippen LogP contribution in [-0.4, -0.2) is 27.5 Å². The van der Waals surface area contributed by atoms with Gasteiger partial charge in [0.05, 0.1) is 0 Å². The van der Waals surface area contributed by atoms with Gasteiger partial charge in [0.1, 0.15) is 0 Å². The molecule has 0 saturated carbocycles. The van der Waals surface area contributed by atoms with Crippen molar-refractivity contribution in [2.45, 2.75) is 25.7 Å². The number of hydrogen-bond donors (Lipinski definition) is 2. The number of rotatable bonds is 6. The molecule has 4 heteroatoms. The fourth-order valence-electron chi connectivity index (χ4n) is 0.836. The lowest BCUT2D eigenvalue weighted by molar-refractivity contribution is -0.119. The van der Waals surface area contributed by atoms with Crippen molar-refractivity contribution in [3.05, 3.63) is 0 Å². The highest BCUT2D eigenvalue weighted by atomic mass is 16.1. The Hall–Kier alpha value is -0.505. The van der Waals surface area contributed by atoms with Crippen LogP contribution in [0.3, 0.4) is 0 Å². The minimum absolute atomic E-state index is 0.0746. The second kappa shape index (κ2) is 7.60. The molecule has 0 spiro atoms. The van der Waals surface area contributed by atoms with Gasteiger partial charge in [-0.3, -0.25) is 4.79 Å². The molecule has 2 N–H and O–H groups in total. The van der Waals surface area contributed by atoms with Crippen molar-refractivity contribution in [1.82, 2.24) is 10.5 Å². The van der Waals surface area contributed by atoms with Gasteiger partial charge >= 0.3 is 0 Å². The third kappa shape index (κ3) is 7.39. The minimum Gasteiger partial charge on any atom is -0.409 e. The summed E-state index contributed by atoms with van der Waals surface area (Å²) in [6, 6.07) is 0. The Morgan fingerprint density at radius 3 is 2.64 bits per heavy atom. The molecule has 0 atom stereocenters. The summed E-state index contributed by atoms with van der Waals surface area (Å²) in [6.45, 7) is 1.02. The summed E-state index contributed by atoms with van der Waals surface area (Å²) in [5, 5.41) is 5.15. The van der Waals surface area contributed by atoms with E-state index in [1.807, 2.05) is 7.05 Å². The highest BCUT2D eigenvalue weighted by molar-refractivity contribution is 6.14. The van der Waals surface area contributed by atoms with Gasteiger partial charge in [0.2, 0.25) is 13.9 Å². The Morgan fingerprint density at radius 1 is 1.36 bits per heavy atom. The smallest absolute Gasteiger partial charge is 0.226 e. The molecule has 0 rings (SSSR count). The van der Waals surface area contributed by atoms with Crippen LogP contribution in [0.25, 0.3) is 0 Å². The van der Waals surface area contributed by atoms with Gasteiger partial charge in [0.15, 0.2) is 0 Å². The Labute approximate surface area is 69.4 Å². The zero-order valence-electron chi connectivity index (χ0n) is 7.02. The van der Waals surface area contributed by atoms with E-state index < -0.39 is 0 Å². The number of nitrogens with one attached hydrogen (secondary N) is 2. The molecule has 0 saturated heterocycles. The summed E-state index contributed by atoms with van der Waals surface area (Å²) in [4.78, 5) is 10.6. The number of amides is 1. The molecule has 0 aliphatic rings. The van der Waals surface area contributed by atoms with E-state index in [-0.39, 0.29) is 5.91 Å². The molecule has 0 aromatic carbocycles. The van der Waals surface area contributed by atoms with Crippen molar-refractivity contribution < 1.29 is 4.79 Å². The fraction of sp³-hybridized carbons (Fsp3) is 0.857. The third-order valence-electron chi connectivity index (χ3n) is 1.49. The quantitative estimate of drug-likeness (QED) is 0.416. The molecular weight excluding hydrogens is 139 g/mol. The van der Waals surface area contributed by atoms with Gasteiger partial charge in [0, 0.05) is 6.42 Å². The van der Waals surface area contributed by atoms with Crippen LogP contribution in [0.1, 0.15) is 25.7 Å². The average molecular weight is 154 g/mol. The lowest BCUT2D eigenvalue weighted by atomic mass is 10.2. The molecule has 0 aromatic heterocycles. The molecule has 0 bridgehead atoms. The summed E-state index contributed by atoms with van der Waals surface area (Å²) < 4.78 is 0. The van der Waals surface area contributed by atoms with E-state index in [9.17, 15) is 4.79 Å². The SMILES string of the molecule is [B]NC(=O)CCCCCNC. The van der Waals surface area contributed by atoms with E-state index in [2.05, 4.69) is 10.5 Å². The van der Waals surface area contributed by atoms with Gasteiger partial charge in [0.25, 0.3) is 0 Å². The highest BCUT2D eigenvalue weighted by Crippen LogP contribution is 1.97. The maximum Gasteiger partial charge on any atom is 0.226 e. The first-order valence-electron chi connectivity index (χ1n) is 3.95. The molecule has 2 radical (unpaired) electrons. The molecule has 0 aromatic rings. The topological polar surface area (TPSA) is 41.1 Å². The van der Waals surface area contributed by atoms with Crippen LogP contribution in [-0.2, 0) is 4.79 Å². The minimum atomic E-state index is -0.0746.